The van der Waals surface area contributed by atoms with E-state index in [0.717, 1.165) is 0 Å². The molecule has 1 aliphatic heterocycles. The molecule has 4 atom stereocenters. The van der Waals surface area contributed by atoms with Gasteiger partial charge in [-0.05, 0) is 11.6 Å². The molecule has 9 heteroatoms. The highest BCUT2D eigenvalue weighted by Crippen LogP contribution is 2.31. The zero-order valence-corrected chi connectivity index (χ0v) is 10.3. The summed E-state index contributed by atoms with van der Waals surface area (Å²) < 4.78 is 6.85. The summed E-state index contributed by atoms with van der Waals surface area (Å²) in [5, 5.41) is 28.8. The minimum absolute atomic E-state index is 0.0426. The average molecular weight is 287 g/mol. The van der Waals surface area contributed by atoms with Crippen molar-refractivity contribution in [2.45, 2.75) is 24.5 Å². The van der Waals surface area contributed by atoms with Crippen molar-refractivity contribution in [2.24, 2.45) is 0 Å². The van der Waals surface area contributed by atoms with Crippen molar-refractivity contribution in [3.05, 3.63) is 17.8 Å². The normalized spacial score (nSPS) is 31.2. The molecule has 0 saturated carbocycles. The Hall–Kier alpha value is -1.32. The maximum absolute atomic E-state index is 9.95. The van der Waals surface area contributed by atoms with Gasteiger partial charge in [0, 0.05) is 0 Å². The number of hydrogen-bond acceptors (Lipinski definition) is 7. The van der Waals surface area contributed by atoms with Crippen LogP contribution in [0.1, 0.15) is 6.23 Å². The standard InChI is InChI=1S/C10H11ClN4O4/c11-10-12-1-4-8(14-10)15(3-13-4)9-7(18)6(17)5(2-16)19-9/h1,3,5-7,9,16-18H,2H2/t5-,6-,7-,9-/m0/s1. The van der Waals surface area contributed by atoms with Crippen LogP contribution in [0.25, 0.3) is 11.2 Å². The summed E-state index contributed by atoms with van der Waals surface area (Å²) in [6.45, 7) is -0.392. The Morgan fingerprint density at radius 3 is 2.79 bits per heavy atom. The molecule has 19 heavy (non-hydrogen) atoms. The molecule has 1 fully saturated rings. The number of imidazole rings is 1. The molecule has 8 nitrogen and oxygen atoms in total. The Kier molecular flexibility index (Phi) is 3.11. The summed E-state index contributed by atoms with van der Waals surface area (Å²) in [4.78, 5) is 11.9. The summed E-state index contributed by atoms with van der Waals surface area (Å²) in [5.41, 5.74) is 0.872. The minimum atomic E-state index is -1.19. The molecule has 3 rings (SSSR count). The van der Waals surface area contributed by atoms with Gasteiger partial charge in [-0.2, -0.15) is 4.98 Å². The number of rotatable bonds is 2. The van der Waals surface area contributed by atoms with Crippen LogP contribution < -0.4 is 0 Å². The fraction of sp³-hybridized carbons (Fsp3) is 0.500. The van der Waals surface area contributed by atoms with E-state index < -0.39 is 31.1 Å². The van der Waals surface area contributed by atoms with Gasteiger partial charge in [-0.3, -0.25) is 4.57 Å². The van der Waals surface area contributed by atoms with E-state index in [1.165, 1.54) is 17.1 Å². The van der Waals surface area contributed by atoms with E-state index >= 15 is 0 Å². The zero-order chi connectivity index (χ0) is 13.6. The van der Waals surface area contributed by atoms with E-state index in [-0.39, 0.29) is 5.28 Å². The number of nitrogens with zero attached hydrogens (tertiary/aromatic N) is 4. The maximum Gasteiger partial charge on any atom is 0.224 e. The Morgan fingerprint density at radius 1 is 1.32 bits per heavy atom. The molecule has 2 aromatic heterocycles. The molecule has 0 radical (unpaired) electrons. The molecule has 0 spiro atoms. The van der Waals surface area contributed by atoms with Gasteiger partial charge in [0.25, 0.3) is 0 Å². The van der Waals surface area contributed by atoms with Crippen LogP contribution in [0, 0.1) is 0 Å². The maximum atomic E-state index is 9.95. The van der Waals surface area contributed by atoms with Crippen LogP contribution >= 0.6 is 11.6 Å². The van der Waals surface area contributed by atoms with Crippen LogP contribution in [-0.4, -0.2) is 59.8 Å². The van der Waals surface area contributed by atoms with Crippen molar-refractivity contribution < 1.29 is 20.1 Å². The number of hydrogen-bond donors (Lipinski definition) is 3. The highest BCUT2D eigenvalue weighted by molar-refractivity contribution is 6.28. The van der Waals surface area contributed by atoms with E-state index in [2.05, 4.69) is 15.0 Å². The van der Waals surface area contributed by atoms with Crippen LogP contribution in [0.2, 0.25) is 5.28 Å². The SMILES string of the molecule is OC[C@@H]1O[C@H](n2cnc3cnc(Cl)nc32)[C@@H](O)[C@H]1O. The van der Waals surface area contributed by atoms with Crippen molar-refractivity contribution in [1.29, 1.82) is 0 Å². The van der Waals surface area contributed by atoms with Gasteiger partial charge in [0.1, 0.15) is 23.8 Å². The highest BCUT2D eigenvalue weighted by Gasteiger charge is 2.43. The lowest BCUT2D eigenvalue weighted by molar-refractivity contribution is -0.0511. The molecular weight excluding hydrogens is 276 g/mol. The van der Waals surface area contributed by atoms with Gasteiger partial charge in [0.15, 0.2) is 11.9 Å². The molecule has 0 amide bonds. The van der Waals surface area contributed by atoms with Gasteiger partial charge in [-0.25, -0.2) is 9.97 Å². The van der Waals surface area contributed by atoms with E-state index in [4.69, 9.17) is 21.4 Å². The zero-order valence-electron chi connectivity index (χ0n) is 9.59. The summed E-state index contributed by atoms with van der Waals surface area (Å²) in [6.07, 6.45) is -1.25. The lowest BCUT2D eigenvalue weighted by atomic mass is 10.1. The molecule has 0 bridgehead atoms. The minimum Gasteiger partial charge on any atom is -0.394 e. The molecule has 3 N–H and O–H groups in total. The summed E-state index contributed by atoms with van der Waals surface area (Å²) in [6, 6.07) is 0. The molecule has 2 aromatic rings. The van der Waals surface area contributed by atoms with E-state index in [1.54, 1.807) is 0 Å². The van der Waals surface area contributed by atoms with Crippen molar-refractivity contribution in [3.63, 3.8) is 0 Å². The molecule has 3 heterocycles. The topological polar surface area (TPSA) is 114 Å². The van der Waals surface area contributed by atoms with Gasteiger partial charge in [0.05, 0.1) is 19.1 Å². The second kappa shape index (κ2) is 4.66. The lowest BCUT2D eigenvalue weighted by Gasteiger charge is -2.16. The number of aliphatic hydroxyl groups excluding tert-OH is 3. The number of ether oxygens (including phenoxy) is 1. The third kappa shape index (κ3) is 1.97. The smallest absolute Gasteiger partial charge is 0.224 e. The molecule has 1 saturated heterocycles. The molecule has 1 aliphatic rings. The molecule has 0 aromatic carbocycles. The third-order valence-electron chi connectivity index (χ3n) is 3.08. The Labute approximate surface area is 112 Å². The predicted octanol–water partition coefficient (Wildman–Crippen LogP) is -0.909. The summed E-state index contributed by atoms with van der Waals surface area (Å²) in [7, 11) is 0. The van der Waals surface area contributed by atoms with Gasteiger partial charge in [-0.15, -0.1) is 0 Å². The van der Waals surface area contributed by atoms with Crippen molar-refractivity contribution >= 4 is 22.8 Å². The molecule has 102 valence electrons. The number of aliphatic hydroxyl groups is 3. The van der Waals surface area contributed by atoms with Gasteiger partial charge in [0.2, 0.25) is 5.28 Å². The first kappa shape index (κ1) is 12.7. The second-order valence-corrected chi connectivity index (χ2v) is 4.57. The largest absolute Gasteiger partial charge is 0.394 e. The Balaban J connectivity index is 2.03. The summed E-state index contributed by atoms with van der Waals surface area (Å²) >= 11 is 5.72. The molecular formula is C10H11ClN4O4. The van der Waals surface area contributed by atoms with Gasteiger partial charge in [-0.1, -0.05) is 0 Å². The number of aromatic nitrogens is 4. The Bertz CT molecular complexity index is 606. The van der Waals surface area contributed by atoms with Gasteiger partial charge >= 0.3 is 0 Å². The first-order chi connectivity index (χ1) is 9.11. The van der Waals surface area contributed by atoms with E-state index in [9.17, 15) is 10.2 Å². The average Bonchev–Trinajstić information content (AvgIpc) is 2.92. The third-order valence-corrected chi connectivity index (χ3v) is 3.26. The van der Waals surface area contributed by atoms with Crippen molar-refractivity contribution in [1.82, 2.24) is 19.5 Å². The monoisotopic (exact) mass is 286 g/mol. The van der Waals surface area contributed by atoms with Crippen LogP contribution in [0.5, 0.6) is 0 Å². The predicted molar refractivity (Wildman–Crippen MR) is 63.3 cm³/mol. The van der Waals surface area contributed by atoms with Crippen molar-refractivity contribution in [2.75, 3.05) is 6.61 Å². The Morgan fingerprint density at radius 2 is 2.11 bits per heavy atom. The first-order valence-corrected chi connectivity index (χ1v) is 5.97. The van der Waals surface area contributed by atoms with Gasteiger partial charge < -0.3 is 20.1 Å². The molecule has 0 aliphatic carbocycles. The second-order valence-electron chi connectivity index (χ2n) is 4.23. The van der Waals surface area contributed by atoms with Crippen molar-refractivity contribution in [3.8, 4) is 0 Å². The van der Waals surface area contributed by atoms with E-state index in [1.807, 2.05) is 0 Å². The van der Waals surface area contributed by atoms with Crippen LogP contribution in [-0.2, 0) is 4.74 Å². The lowest BCUT2D eigenvalue weighted by Crippen LogP contribution is -2.33. The van der Waals surface area contributed by atoms with Crippen LogP contribution in [0.3, 0.4) is 0 Å². The first-order valence-electron chi connectivity index (χ1n) is 5.59. The highest BCUT2D eigenvalue weighted by atomic mass is 35.5. The fourth-order valence-electron chi connectivity index (χ4n) is 2.10. The number of halogens is 1. The summed E-state index contributed by atoms with van der Waals surface area (Å²) in [5.74, 6) is 0. The molecule has 0 unspecified atom stereocenters. The fourth-order valence-corrected chi connectivity index (χ4v) is 2.23. The van der Waals surface area contributed by atoms with Crippen LogP contribution in [0.4, 0.5) is 0 Å². The van der Waals surface area contributed by atoms with E-state index in [0.29, 0.717) is 11.2 Å². The quantitative estimate of drug-likeness (QED) is 0.613. The van der Waals surface area contributed by atoms with Crippen LogP contribution in [0.15, 0.2) is 12.5 Å². The number of fused-ring (bicyclic) bond motifs is 1.